The molecule has 10 heteroatoms. The zero-order valence-corrected chi connectivity index (χ0v) is 16.6. The second kappa shape index (κ2) is 9.07. The van der Waals surface area contributed by atoms with Crippen molar-refractivity contribution in [3.63, 3.8) is 0 Å². The topological polar surface area (TPSA) is 114 Å². The number of nitrogens with one attached hydrogen (secondary N) is 2. The number of benzene rings is 2. The highest BCUT2D eigenvalue weighted by Gasteiger charge is 2.19. The number of carbonyl (C=O) groups is 1. The van der Waals surface area contributed by atoms with E-state index in [1.54, 1.807) is 48.5 Å². The Hall–Kier alpha value is -2.29. The van der Waals surface area contributed by atoms with E-state index in [0.717, 1.165) is 11.8 Å². The summed E-state index contributed by atoms with van der Waals surface area (Å²) in [5, 5.41) is 6.34. The van der Waals surface area contributed by atoms with Gasteiger partial charge in [-0.1, -0.05) is 35.3 Å². The van der Waals surface area contributed by atoms with Gasteiger partial charge in [0.05, 0.1) is 12.3 Å². The Balaban J connectivity index is 2.17. The third kappa shape index (κ3) is 7.46. The summed E-state index contributed by atoms with van der Waals surface area (Å²) in [6, 6.07) is 12.0. The third-order valence-corrected chi connectivity index (χ3v) is 4.44. The highest BCUT2D eigenvalue weighted by atomic mass is 35.5. The van der Waals surface area contributed by atoms with E-state index in [-0.39, 0.29) is 12.3 Å². The minimum Gasteiger partial charge on any atom is -0.385 e. The highest BCUT2D eigenvalue weighted by Crippen LogP contribution is 2.14. The van der Waals surface area contributed by atoms with Crippen molar-refractivity contribution < 1.29 is 13.2 Å². The molecule has 0 aliphatic carbocycles. The summed E-state index contributed by atoms with van der Waals surface area (Å²) >= 11 is 11.7. The Morgan fingerprint density at radius 3 is 2.11 bits per heavy atom. The zero-order chi connectivity index (χ0) is 20.0. The number of amides is 2. The Bertz CT molecular complexity index is 930. The van der Waals surface area contributed by atoms with E-state index >= 15 is 0 Å². The van der Waals surface area contributed by atoms with Crippen LogP contribution in [-0.2, 0) is 16.4 Å². The number of sulfonamides is 1. The second-order valence-corrected chi connectivity index (χ2v) is 8.26. The van der Waals surface area contributed by atoms with Crippen LogP contribution in [0.3, 0.4) is 0 Å². The van der Waals surface area contributed by atoms with Gasteiger partial charge >= 0.3 is 6.03 Å². The molecule has 0 aliphatic heterocycles. The van der Waals surface area contributed by atoms with Gasteiger partial charge in [0.15, 0.2) is 0 Å². The predicted molar refractivity (Wildman–Crippen MR) is 109 cm³/mol. The molecule has 0 fully saturated rings. The molecule has 1 atom stereocenters. The fraction of sp³-hybridized carbons (Fsp3) is 0.176. The first-order valence-electron chi connectivity index (χ1n) is 7.75. The Labute approximate surface area is 167 Å². The van der Waals surface area contributed by atoms with Crippen LogP contribution in [0.2, 0.25) is 10.0 Å². The van der Waals surface area contributed by atoms with E-state index in [9.17, 15) is 13.2 Å². The van der Waals surface area contributed by atoms with Crippen LogP contribution < -0.4 is 16.4 Å². The SMILES string of the molecule is CS(=O)(=O)/N=C(\N)C(Cc1ccc(Cl)cc1)NC(=O)Nc1ccc(Cl)cc1. The molecular weight excluding hydrogens is 411 g/mol. The molecule has 144 valence electrons. The van der Waals surface area contributed by atoms with Gasteiger partial charge in [-0.15, -0.1) is 4.40 Å². The van der Waals surface area contributed by atoms with E-state index < -0.39 is 22.1 Å². The van der Waals surface area contributed by atoms with Crippen molar-refractivity contribution >= 4 is 50.8 Å². The number of urea groups is 1. The number of rotatable bonds is 6. The summed E-state index contributed by atoms with van der Waals surface area (Å²) in [4.78, 5) is 12.3. The summed E-state index contributed by atoms with van der Waals surface area (Å²) in [7, 11) is -3.71. The predicted octanol–water partition coefficient (Wildman–Crippen LogP) is 3.04. The van der Waals surface area contributed by atoms with Gasteiger partial charge in [0.1, 0.15) is 5.84 Å². The van der Waals surface area contributed by atoms with E-state index in [1.807, 2.05) is 0 Å². The maximum absolute atomic E-state index is 12.3. The normalized spacial score (nSPS) is 13.1. The Kier molecular flexibility index (Phi) is 7.06. The average molecular weight is 429 g/mol. The Morgan fingerprint density at radius 1 is 1.07 bits per heavy atom. The number of hydrogen-bond acceptors (Lipinski definition) is 3. The quantitative estimate of drug-likeness (QED) is 0.484. The van der Waals surface area contributed by atoms with Crippen LogP contribution in [0.4, 0.5) is 10.5 Å². The molecule has 0 spiro atoms. The fourth-order valence-electron chi connectivity index (χ4n) is 2.20. The molecule has 0 radical (unpaired) electrons. The van der Waals surface area contributed by atoms with E-state index in [2.05, 4.69) is 15.0 Å². The largest absolute Gasteiger partial charge is 0.385 e. The minimum atomic E-state index is -3.71. The molecule has 2 amide bonds. The molecular formula is C17H18Cl2N4O3S. The van der Waals surface area contributed by atoms with E-state index in [1.165, 1.54) is 0 Å². The fourth-order valence-corrected chi connectivity index (χ4v) is 2.96. The molecule has 0 saturated heterocycles. The van der Waals surface area contributed by atoms with Gasteiger partial charge in [0, 0.05) is 15.7 Å². The number of anilines is 1. The molecule has 4 N–H and O–H groups in total. The highest BCUT2D eigenvalue weighted by molar-refractivity contribution is 7.89. The first-order valence-corrected chi connectivity index (χ1v) is 10.4. The molecule has 7 nitrogen and oxygen atoms in total. The second-order valence-electron chi connectivity index (χ2n) is 5.74. The molecule has 0 aliphatic rings. The van der Waals surface area contributed by atoms with Gasteiger partial charge < -0.3 is 16.4 Å². The molecule has 0 saturated carbocycles. The van der Waals surface area contributed by atoms with Crippen molar-refractivity contribution in [3.05, 3.63) is 64.1 Å². The molecule has 2 aromatic rings. The smallest absolute Gasteiger partial charge is 0.319 e. The lowest BCUT2D eigenvalue weighted by Gasteiger charge is -2.19. The van der Waals surface area contributed by atoms with Crippen LogP contribution >= 0.6 is 23.2 Å². The van der Waals surface area contributed by atoms with Crippen molar-refractivity contribution in [3.8, 4) is 0 Å². The van der Waals surface area contributed by atoms with Crippen molar-refractivity contribution in [2.75, 3.05) is 11.6 Å². The molecule has 27 heavy (non-hydrogen) atoms. The van der Waals surface area contributed by atoms with Gasteiger partial charge in [-0.2, -0.15) is 0 Å². The first kappa shape index (κ1) is 21.0. The zero-order valence-electron chi connectivity index (χ0n) is 14.3. The van der Waals surface area contributed by atoms with Crippen molar-refractivity contribution in [1.82, 2.24) is 5.32 Å². The summed E-state index contributed by atoms with van der Waals surface area (Å²) in [5.41, 5.74) is 7.14. The summed E-state index contributed by atoms with van der Waals surface area (Å²) in [6.45, 7) is 0. The molecule has 2 aromatic carbocycles. The lowest BCUT2D eigenvalue weighted by Crippen LogP contribution is -2.47. The molecule has 2 rings (SSSR count). The van der Waals surface area contributed by atoms with Gasteiger partial charge in [-0.3, -0.25) is 0 Å². The minimum absolute atomic E-state index is 0.223. The van der Waals surface area contributed by atoms with Gasteiger partial charge in [-0.25, -0.2) is 13.2 Å². The van der Waals surface area contributed by atoms with Crippen molar-refractivity contribution in [2.45, 2.75) is 12.5 Å². The summed E-state index contributed by atoms with van der Waals surface area (Å²) in [5.74, 6) is -0.223. The van der Waals surface area contributed by atoms with Gasteiger partial charge in [0.2, 0.25) is 0 Å². The van der Waals surface area contributed by atoms with E-state index in [0.29, 0.717) is 15.7 Å². The number of halogens is 2. The lowest BCUT2D eigenvalue weighted by molar-refractivity contribution is 0.250. The number of carbonyl (C=O) groups excluding carboxylic acids is 1. The van der Waals surface area contributed by atoms with Crippen LogP contribution in [0.5, 0.6) is 0 Å². The van der Waals surface area contributed by atoms with Crippen LogP contribution in [0.1, 0.15) is 5.56 Å². The maximum Gasteiger partial charge on any atom is 0.319 e. The summed E-state index contributed by atoms with van der Waals surface area (Å²) < 4.78 is 26.3. The average Bonchev–Trinajstić information content (AvgIpc) is 2.57. The van der Waals surface area contributed by atoms with Crippen LogP contribution in [-0.4, -0.2) is 32.6 Å². The van der Waals surface area contributed by atoms with E-state index in [4.69, 9.17) is 28.9 Å². The molecule has 0 heterocycles. The Morgan fingerprint density at radius 2 is 1.59 bits per heavy atom. The molecule has 0 aromatic heterocycles. The van der Waals surface area contributed by atoms with Crippen LogP contribution in [0, 0.1) is 0 Å². The monoisotopic (exact) mass is 428 g/mol. The van der Waals surface area contributed by atoms with Crippen molar-refractivity contribution in [1.29, 1.82) is 0 Å². The van der Waals surface area contributed by atoms with Gasteiger partial charge in [0.25, 0.3) is 10.0 Å². The first-order chi connectivity index (χ1) is 12.6. The summed E-state index contributed by atoms with van der Waals surface area (Å²) in [6.07, 6.45) is 1.16. The third-order valence-electron chi connectivity index (χ3n) is 3.39. The molecule has 1 unspecified atom stereocenters. The number of amidine groups is 1. The van der Waals surface area contributed by atoms with Crippen LogP contribution in [0.15, 0.2) is 52.9 Å². The van der Waals surface area contributed by atoms with Gasteiger partial charge in [-0.05, 0) is 48.4 Å². The number of nitrogens with two attached hydrogens (primary N) is 1. The number of nitrogens with zero attached hydrogens (tertiary/aromatic N) is 1. The maximum atomic E-state index is 12.3. The molecule has 0 bridgehead atoms. The number of hydrogen-bond donors (Lipinski definition) is 3. The van der Waals surface area contributed by atoms with Crippen LogP contribution in [0.25, 0.3) is 0 Å². The van der Waals surface area contributed by atoms with Crippen molar-refractivity contribution in [2.24, 2.45) is 10.1 Å². The lowest BCUT2D eigenvalue weighted by atomic mass is 10.1. The standard InChI is InChI=1S/C17H18Cl2N4O3S/c1-27(25,26)23-16(20)15(10-11-2-4-12(18)5-3-11)22-17(24)21-14-8-6-13(19)7-9-14/h2-9,15H,10H2,1H3,(H2,20,23)(H2,21,22,24).